The Hall–Kier alpha value is -1.28. The van der Waals surface area contributed by atoms with E-state index in [1.165, 1.54) is 22.2 Å². The van der Waals surface area contributed by atoms with Gasteiger partial charge in [-0.2, -0.15) is 0 Å². The number of aliphatic imine (C=N–C) groups is 1. The molecule has 1 aliphatic heterocycles. The SMILES string of the molecule is CCNC(=NCCc1c(C)[nH]c2ccccc12)NC1C2CCOC2C1(C)C.I. The van der Waals surface area contributed by atoms with Gasteiger partial charge in [-0.05, 0) is 38.3 Å². The number of fused-ring (bicyclic) bond motifs is 2. The van der Waals surface area contributed by atoms with E-state index in [4.69, 9.17) is 9.73 Å². The van der Waals surface area contributed by atoms with Gasteiger partial charge in [-0.3, -0.25) is 4.99 Å². The third-order valence-electron chi connectivity index (χ3n) is 6.40. The number of hydrogen-bond donors (Lipinski definition) is 3. The number of nitrogens with one attached hydrogen (secondary N) is 3. The fourth-order valence-corrected chi connectivity index (χ4v) is 5.02. The van der Waals surface area contributed by atoms with Crippen LogP contribution in [0.25, 0.3) is 10.9 Å². The lowest BCUT2D eigenvalue weighted by molar-refractivity contribution is -0.106. The lowest BCUT2D eigenvalue weighted by Crippen LogP contribution is -2.68. The summed E-state index contributed by atoms with van der Waals surface area (Å²) in [5.74, 6) is 1.54. The number of aromatic amines is 1. The summed E-state index contributed by atoms with van der Waals surface area (Å²) in [6.07, 6.45) is 2.49. The first-order valence-electron chi connectivity index (χ1n) is 10.2. The van der Waals surface area contributed by atoms with Gasteiger partial charge in [0.2, 0.25) is 0 Å². The molecular weight excluding hydrogens is 463 g/mol. The van der Waals surface area contributed by atoms with E-state index in [0.29, 0.717) is 18.1 Å². The predicted molar refractivity (Wildman–Crippen MR) is 127 cm³/mol. The average Bonchev–Trinajstić information content (AvgIpc) is 3.23. The molecule has 3 N–H and O–H groups in total. The van der Waals surface area contributed by atoms with Crippen molar-refractivity contribution < 1.29 is 4.74 Å². The molecule has 2 heterocycles. The largest absolute Gasteiger partial charge is 0.377 e. The highest BCUT2D eigenvalue weighted by Crippen LogP contribution is 2.52. The number of aryl methyl sites for hydroxylation is 1. The summed E-state index contributed by atoms with van der Waals surface area (Å²) in [5.41, 5.74) is 3.99. The number of benzene rings is 1. The minimum absolute atomic E-state index is 0. The van der Waals surface area contributed by atoms with Gasteiger partial charge in [0.15, 0.2) is 5.96 Å². The summed E-state index contributed by atoms with van der Waals surface area (Å²) in [6.45, 7) is 11.4. The van der Waals surface area contributed by atoms with Gasteiger partial charge in [-0.25, -0.2) is 0 Å². The Morgan fingerprint density at radius 2 is 2.11 bits per heavy atom. The van der Waals surface area contributed by atoms with Gasteiger partial charge >= 0.3 is 0 Å². The van der Waals surface area contributed by atoms with E-state index >= 15 is 0 Å². The number of nitrogens with zero attached hydrogens (tertiary/aromatic N) is 1. The Labute approximate surface area is 185 Å². The minimum atomic E-state index is 0. The van der Waals surface area contributed by atoms with Crippen molar-refractivity contribution in [2.45, 2.75) is 52.7 Å². The van der Waals surface area contributed by atoms with Crippen molar-refractivity contribution >= 4 is 40.8 Å². The molecule has 154 valence electrons. The minimum Gasteiger partial charge on any atom is -0.377 e. The van der Waals surface area contributed by atoms with Gasteiger partial charge in [-0.15, -0.1) is 24.0 Å². The van der Waals surface area contributed by atoms with Crippen LogP contribution in [0.15, 0.2) is 29.3 Å². The molecule has 0 radical (unpaired) electrons. The summed E-state index contributed by atoms with van der Waals surface area (Å²) >= 11 is 0. The third kappa shape index (κ3) is 3.77. The molecular formula is C22H33IN4O. The number of aromatic nitrogens is 1. The Bertz CT molecular complexity index is 844. The first-order valence-corrected chi connectivity index (χ1v) is 10.2. The van der Waals surface area contributed by atoms with E-state index in [9.17, 15) is 0 Å². The van der Waals surface area contributed by atoms with Crippen molar-refractivity contribution in [1.29, 1.82) is 0 Å². The second kappa shape index (κ2) is 8.61. The van der Waals surface area contributed by atoms with E-state index in [1.54, 1.807) is 0 Å². The van der Waals surface area contributed by atoms with Crippen LogP contribution in [-0.4, -0.2) is 42.8 Å². The van der Waals surface area contributed by atoms with Crippen molar-refractivity contribution in [3.8, 4) is 0 Å². The molecule has 4 rings (SSSR count). The number of H-pyrrole nitrogens is 1. The van der Waals surface area contributed by atoms with Crippen LogP contribution in [0.2, 0.25) is 0 Å². The second-order valence-corrected chi connectivity index (χ2v) is 8.47. The molecule has 6 heteroatoms. The van der Waals surface area contributed by atoms with E-state index < -0.39 is 0 Å². The van der Waals surface area contributed by atoms with Crippen LogP contribution >= 0.6 is 24.0 Å². The Morgan fingerprint density at radius 3 is 2.89 bits per heavy atom. The lowest BCUT2D eigenvalue weighted by Gasteiger charge is -2.54. The number of guanidine groups is 1. The molecule has 1 aliphatic carbocycles. The maximum atomic E-state index is 5.92. The maximum Gasteiger partial charge on any atom is 0.191 e. The molecule has 2 fully saturated rings. The van der Waals surface area contributed by atoms with Crippen LogP contribution < -0.4 is 10.6 Å². The third-order valence-corrected chi connectivity index (χ3v) is 6.40. The summed E-state index contributed by atoms with van der Waals surface area (Å²) in [6, 6.07) is 8.94. The molecule has 0 bridgehead atoms. The van der Waals surface area contributed by atoms with Crippen LogP contribution in [0.4, 0.5) is 0 Å². The molecule has 2 aromatic rings. The van der Waals surface area contributed by atoms with Crippen LogP contribution in [-0.2, 0) is 11.2 Å². The van der Waals surface area contributed by atoms with Crippen molar-refractivity contribution in [2.75, 3.05) is 19.7 Å². The highest BCUT2D eigenvalue weighted by Gasteiger charge is 2.59. The van der Waals surface area contributed by atoms with Crippen LogP contribution in [0, 0.1) is 18.3 Å². The smallest absolute Gasteiger partial charge is 0.191 e. The maximum absolute atomic E-state index is 5.92. The molecule has 3 atom stereocenters. The van der Waals surface area contributed by atoms with E-state index in [2.05, 4.69) is 67.6 Å². The zero-order valence-corrected chi connectivity index (χ0v) is 19.7. The fourth-order valence-electron chi connectivity index (χ4n) is 5.02. The predicted octanol–water partition coefficient (Wildman–Crippen LogP) is 4.01. The molecule has 1 aromatic heterocycles. The molecule has 28 heavy (non-hydrogen) atoms. The summed E-state index contributed by atoms with van der Waals surface area (Å²) in [5, 5.41) is 8.43. The molecule has 5 nitrogen and oxygen atoms in total. The average molecular weight is 496 g/mol. The van der Waals surface area contributed by atoms with Crippen LogP contribution in [0.3, 0.4) is 0 Å². The van der Waals surface area contributed by atoms with Gasteiger partial charge in [0.25, 0.3) is 0 Å². The molecule has 0 amide bonds. The highest BCUT2D eigenvalue weighted by atomic mass is 127. The summed E-state index contributed by atoms with van der Waals surface area (Å²) < 4.78 is 5.92. The van der Waals surface area contributed by atoms with Gasteiger partial charge in [0.05, 0.1) is 6.10 Å². The molecule has 3 unspecified atom stereocenters. The first-order chi connectivity index (χ1) is 13.0. The fraction of sp³-hybridized carbons (Fsp3) is 0.591. The van der Waals surface area contributed by atoms with E-state index in [0.717, 1.165) is 38.5 Å². The number of halogens is 1. The molecule has 1 saturated carbocycles. The molecule has 0 spiro atoms. The van der Waals surface area contributed by atoms with Gasteiger partial charge < -0.3 is 20.4 Å². The second-order valence-electron chi connectivity index (χ2n) is 8.47. The highest BCUT2D eigenvalue weighted by molar-refractivity contribution is 14.0. The molecule has 2 aliphatic rings. The zero-order valence-electron chi connectivity index (χ0n) is 17.3. The number of rotatable bonds is 5. The monoisotopic (exact) mass is 496 g/mol. The summed E-state index contributed by atoms with van der Waals surface area (Å²) in [7, 11) is 0. The number of hydrogen-bond acceptors (Lipinski definition) is 2. The number of para-hydroxylation sites is 1. The lowest BCUT2D eigenvalue weighted by atomic mass is 9.57. The number of ether oxygens (including phenoxy) is 1. The Kier molecular flexibility index (Phi) is 6.59. The van der Waals surface area contributed by atoms with Crippen molar-refractivity contribution in [3.63, 3.8) is 0 Å². The molecule has 1 aromatic carbocycles. The van der Waals surface area contributed by atoms with E-state index in [1.807, 2.05) is 0 Å². The van der Waals surface area contributed by atoms with Crippen molar-refractivity contribution in [2.24, 2.45) is 16.3 Å². The summed E-state index contributed by atoms with van der Waals surface area (Å²) in [4.78, 5) is 8.36. The zero-order chi connectivity index (χ0) is 19.0. The molecule has 1 saturated heterocycles. The normalized spacial score (nSPS) is 25.7. The van der Waals surface area contributed by atoms with Crippen LogP contribution in [0.5, 0.6) is 0 Å². The topological polar surface area (TPSA) is 61.4 Å². The van der Waals surface area contributed by atoms with Gasteiger partial charge in [0.1, 0.15) is 0 Å². The van der Waals surface area contributed by atoms with Crippen molar-refractivity contribution in [3.05, 3.63) is 35.5 Å². The Balaban J connectivity index is 0.00000225. The van der Waals surface area contributed by atoms with E-state index in [-0.39, 0.29) is 29.4 Å². The van der Waals surface area contributed by atoms with Gasteiger partial charge in [0, 0.05) is 53.7 Å². The standard InChI is InChI=1S/C22H32N4O.HI/c1-5-23-21(26-19-17-11-13-27-20(17)22(19,3)4)24-12-10-15-14(2)25-18-9-7-6-8-16(15)18;/h6-9,17,19-20,25H,5,10-13H2,1-4H3,(H2,23,24,26);1H. The Morgan fingerprint density at radius 1 is 1.32 bits per heavy atom. The van der Waals surface area contributed by atoms with Crippen LogP contribution in [0.1, 0.15) is 38.4 Å². The quantitative estimate of drug-likeness (QED) is 0.333. The van der Waals surface area contributed by atoms with Crippen molar-refractivity contribution in [1.82, 2.24) is 15.6 Å². The first kappa shape index (κ1) is 21.4. The van der Waals surface area contributed by atoms with Gasteiger partial charge in [-0.1, -0.05) is 32.0 Å².